The van der Waals surface area contributed by atoms with Crippen LogP contribution in [0.4, 0.5) is 0 Å². The molecule has 1 aliphatic heterocycles. The van der Waals surface area contributed by atoms with Gasteiger partial charge in [-0.1, -0.05) is 26.8 Å². The van der Waals surface area contributed by atoms with Crippen LogP contribution < -0.4 is 15.2 Å². The largest absolute Gasteiger partial charge is 0.486 e. The highest BCUT2D eigenvalue weighted by molar-refractivity contribution is 5.46. The minimum absolute atomic E-state index is 0.0158. The van der Waals surface area contributed by atoms with Crippen molar-refractivity contribution in [1.82, 2.24) is 9.78 Å². The molecule has 2 N–H and O–H groups in total. The van der Waals surface area contributed by atoms with Gasteiger partial charge in [-0.15, -0.1) is 0 Å². The van der Waals surface area contributed by atoms with E-state index < -0.39 is 0 Å². The number of rotatable bonds is 3. The zero-order chi connectivity index (χ0) is 16.6. The van der Waals surface area contributed by atoms with Gasteiger partial charge in [-0.05, 0) is 23.8 Å². The van der Waals surface area contributed by atoms with Crippen LogP contribution in [0.15, 0.2) is 24.3 Å². The van der Waals surface area contributed by atoms with Crippen molar-refractivity contribution >= 4 is 0 Å². The summed E-state index contributed by atoms with van der Waals surface area (Å²) in [5, 5.41) is 4.67. The minimum atomic E-state index is 0.0158. The number of hydrogen-bond donors (Lipinski definition) is 1. The van der Waals surface area contributed by atoms with E-state index in [2.05, 4.69) is 38.0 Å². The van der Waals surface area contributed by atoms with E-state index in [1.165, 1.54) is 0 Å². The van der Waals surface area contributed by atoms with Crippen molar-refractivity contribution in [3.05, 3.63) is 41.2 Å². The van der Waals surface area contributed by atoms with Crippen LogP contribution in [0, 0.1) is 0 Å². The first kappa shape index (κ1) is 15.9. The summed E-state index contributed by atoms with van der Waals surface area (Å²) in [5.41, 5.74) is 9.42. The van der Waals surface area contributed by atoms with Crippen LogP contribution in [0.3, 0.4) is 0 Å². The molecule has 124 valence electrons. The second kappa shape index (κ2) is 5.89. The lowest BCUT2D eigenvalue weighted by molar-refractivity contribution is 0.171. The van der Waals surface area contributed by atoms with Crippen LogP contribution >= 0.6 is 0 Å². The summed E-state index contributed by atoms with van der Waals surface area (Å²) in [7, 11) is 1.98. The quantitative estimate of drug-likeness (QED) is 0.945. The van der Waals surface area contributed by atoms with Crippen LogP contribution in [-0.4, -0.2) is 29.5 Å². The lowest BCUT2D eigenvalue weighted by Crippen LogP contribution is -2.19. The predicted molar refractivity (Wildman–Crippen MR) is 90.2 cm³/mol. The van der Waals surface area contributed by atoms with Gasteiger partial charge in [-0.3, -0.25) is 4.68 Å². The summed E-state index contributed by atoms with van der Waals surface area (Å²) in [4.78, 5) is 0. The molecule has 0 fully saturated rings. The third kappa shape index (κ3) is 3.06. The fourth-order valence-corrected chi connectivity index (χ4v) is 2.88. The van der Waals surface area contributed by atoms with Crippen LogP contribution in [0.1, 0.15) is 43.6 Å². The SMILES string of the molecule is Cn1nc(C(C)(C)C)cc1C(CN)c1ccc2c(c1)OCCO2. The van der Waals surface area contributed by atoms with Gasteiger partial charge in [0.05, 0.1) is 5.69 Å². The Balaban J connectivity index is 1.98. The molecule has 0 amide bonds. The van der Waals surface area contributed by atoms with Crippen molar-refractivity contribution in [1.29, 1.82) is 0 Å². The predicted octanol–water partition coefficient (Wildman–Crippen LogP) is 2.58. The molecular weight excluding hydrogens is 290 g/mol. The molecule has 0 saturated heterocycles. The van der Waals surface area contributed by atoms with Crippen molar-refractivity contribution in [3.8, 4) is 11.5 Å². The van der Waals surface area contributed by atoms with Crippen molar-refractivity contribution < 1.29 is 9.47 Å². The summed E-state index contributed by atoms with van der Waals surface area (Å²) >= 11 is 0. The molecular formula is C18H25N3O2. The van der Waals surface area contributed by atoms with E-state index in [-0.39, 0.29) is 11.3 Å². The van der Waals surface area contributed by atoms with E-state index in [1.54, 1.807) is 0 Å². The monoisotopic (exact) mass is 315 g/mol. The second-order valence-corrected chi connectivity index (χ2v) is 7.02. The Labute approximate surface area is 137 Å². The molecule has 0 aliphatic carbocycles. The molecule has 1 atom stereocenters. The van der Waals surface area contributed by atoms with Gasteiger partial charge in [0.15, 0.2) is 11.5 Å². The van der Waals surface area contributed by atoms with E-state index >= 15 is 0 Å². The molecule has 0 radical (unpaired) electrons. The van der Waals surface area contributed by atoms with Crippen molar-refractivity contribution in [2.24, 2.45) is 12.8 Å². The molecule has 0 spiro atoms. The molecule has 0 bridgehead atoms. The highest BCUT2D eigenvalue weighted by Gasteiger charge is 2.24. The van der Waals surface area contributed by atoms with Crippen LogP contribution in [0.2, 0.25) is 0 Å². The maximum atomic E-state index is 6.09. The van der Waals surface area contributed by atoms with E-state index in [0.717, 1.165) is 28.5 Å². The molecule has 1 aliphatic rings. The number of ether oxygens (including phenoxy) is 2. The first-order chi connectivity index (χ1) is 10.9. The number of aromatic nitrogens is 2. The maximum absolute atomic E-state index is 6.09. The molecule has 1 aromatic carbocycles. The Bertz CT molecular complexity index is 701. The number of nitrogens with two attached hydrogens (primary N) is 1. The highest BCUT2D eigenvalue weighted by atomic mass is 16.6. The van der Waals surface area contributed by atoms with Gasteiger partial charge in [-0.25, -0.2) is 0 Å². The molecule has 2 heterocycles. The average Bonchev–Trinajstić information content (AvgIpc) is 2.90. The van der Waals surface area contributed by atoms with Gasteiger partial charge in [-0.2, -0.15) is 5.10 Å². The highest BCUT2D eigenvalue weighted by Crippen LogP contribution is 2.35. The van der Waals surface area contributed by atoms with E-state index in [9.17, 15) is 0 Å². The summed E-state index contributed by atoms with van der Waals surface area (Å²) < 4.78 is 13.2. The van der Waals surface area contributed by atoms with Gasteiger partial charge in [0, 0.05) is 30.6 Å². The molecule has 5 heteroatoms. The summed E-state index contributed by atoms with van der Waals surface area (Å²) in [5.74, 6) is 1.68. The van der Waals surface area contributed by atoms with Crippen molar-refractivity contribution in [3.63, 3.8) is 0 Å². The van der Waals surface area contributed by atoms with Gasteiger partial charge >= 0.3 is 0 Å². The molecule has 0 saturated carbocycles. The Morgan fingerprint density at radius 1 is 1.17 bits per heavy atom. The Hall–Kier alpha value is -2.01. The lowest BCUT2D eigenvalue weighted by Gasteiger charge is -2.21. The van der Waals surface area contributed by atoms with E-state index in [0.29, 0.717) is 19.8 Å². The van der Waals surface area contributed by atoms with Gasteiger partial charge in [0.25, 0.3) is 0 Å². The Morgan fingerprint density at radius 3 is 2.48 bits per heavy atom. The molecule has 23 heavy (non-hydrogen) atoms. The topological polar surface area (TPSA) is 62.3 Å². The summed E-state index contributed by atoms with van der Waals surface area (Å²) in [6, 6.07) is 8.23. The summed E-state index contributed by atoms with van der Waals surface area (Å²) in [6.45, 7) is 8.21. The smallest absolute Gasteiger partial charge is 0.161 e. The molecule has 1 unspecified atom stereocenters. The summed E-state index contributed by atoms with van der Waals surface area (Å²) in [6.07, 6.45) is 0. The van der Waals surface area contributed by atoms with Gasteiger partial charge in [0.1, 0.15) is 13.2 Å². The molecule has 5 nitrogen and oxygen atoms in total. The number of aryl methyl sites for hydroxylation is 1. The molecule has 3 rings (SSSR count). The minimum Gasteiger partial charge on any atom is -0.486 e. The van der Waals surface area contributed by atoms with Crippen LogP contribution in [-0.2, 0) is 12.5 Å². The molecule has 1 aromatic heterocycles. The van der Waals surface area contributed by atoms with Crippen molar-refractivity contribution in [2.45, 2.75) is 32.1 Å². The van der Waals surface area contributed by atoms with E-state index in [4.69, 9.17) is 15.2 Å². The van der Waals surface area contributed by atoms with Gasteiger partial charge < -0.3 is 15.2 Å². The molecule has 2 aromatic rings. The Morgan fingerprint density at radius 2 is 1.87 bits per heavy atom. The van der Waals surface area contributed by atoms with Crippen LogP contribution in [0.25, 0.3) is 0 Å². The fraction of sp³-hybridized carbons (Fsp3) is 0.500. The maximum Gasteiger partial charge on any atom is 0.161 e. The average molecular weight is 315 g/mol. The van der Waals surface area contributed by atoms with Crippen LogP contribution in [0.5, 0.6) is 11.5 Å². The third-order valence-electron chi connectivity index (χ3n) is 4.25. The normalized spacial score (nSPS) is 15.5. The zero-order valence-corrected chi connectivity index (χ0v) is 14.3. The standard InChI is InChI=1S/C18H25N3O2/c1-18(2,3)17-10-14(21(4)20-17)13(11-19)12-5-6-15-16(9-12)23-8-7-22-15/h5-6,9-10,13H,7-8,11,19H2,1-4H3. The number of nitrogens with zero attached hydrogens (tertiary/aromatic N) is 2. The number of hydrogen-bond acceptors (Lipinski definition) is 4. The zero-order valence-electron chi connectivity index (χ0n) is 14.3. The van der Waals surface area contributed by atoms with E-state index in [1.807, 2.05) is 23.9 Å². The third-order valence-corrected chi connectivity index (χ3v) is 4.25. The fourth-order valence-electron chi connectivity index (χ4n) is 2.88. The van der Waals surface area contributed by atoms with Crippen molar-refractivity contribution in [2.75, 3.05) is 19.8 Å². The van der Waals surface area contributed by atoms with Gasteiger partial charge in [0.2, 0.25) is 0 Å². The first-order valence-corrected chi connectivity index (χ1v) is 8.04. The lowest BCUT2D eigenvalue weighted by atomic mass is 9.90. The second-order valence-electron chi connectivity index (χ2n) is 7.02. The Kier molecular flexibility index (Phi) is 4.06. The first-order valence-electron chi connectivity index (χ1n) is 8.04. The number of benzene rings is 1. The number of fused-ring (bicyclic) bond motifs is 1.